The monoisotopic (exact) mass is 355 g/mol. The summed E-state index contributed by atoms with van der Waals surface area (Å²) in [6.07, 6.45) is 0.616. The van der Waals surface area contributed by atoms with E-state index in [1.165, 1.54) is 0 Å². The topological polar surface area (TPSA) is 64.6 Å². The van der Waals surface area contributed by atoms with Crippen LogP contribution in [-0.2, 0) is 16.1 Å². The molecule has 0 unspecified atom stereocenters. The number of hydrogen-bond acceptors (Lipinski definition) is 4. The largest absolute Gasteiger partial charge is 0.484 e. The third-order valence-electron chi connectivity index (χ3n) is 3.66. The van der Waals surface area contributed by atoms with E-state index in [2.05, 4.69) is 5.32 Å². The first kappa shape index (κ1) is 19.7. The number of hydrogen-bond donors (Lipinski definition) is 1. The Bertz CT molecular complexity index is 738. The van der Waals surface area contributed by atoms with E-state index in [1.807, 2.05) is 45.0 Å². The molecule has 5 nitrogen and oxygen atoms in total. The van der Waals surface area contributed by atoms with Crippen molar-refractivity contribution >= 4 is 17.4 Å². The van der Waals surface area contributed by atoms with E-state index in [1.54, 1.807) is 24.3 Å². The zero-order valence-corrected chi connectivity index (χ0v) is 15.5. The van der Waals surface area contributed by atoms with Crippen LogP contribution in [0.4, 0.5) is 5.69 Å². The lowest BCUT2D eigenvalue weighted by Crippen LogP contribution is -2.20. The van der Waals surface area contributed by atoms with Crippen LogP contribution < -0.4 is 10.1 Å². The maximum atomic E-state index is 12.1. The molecule has 0 aromatic heterocycles. The lowest BCUT2D eigenvalue weighted by atomic mass is 10.1. The highest BCUT2D eigenvalue weighted by atomic mass is 16.5. The molecule has 138 valence electrons. The average Bonchev–Trinajstić information content (AvgIpc) is 2.65. The van der Waals surface area contributed by atoms with E-state index in [-0.39, 0.29) is 24.4 Å². The predicted molar refractivity (Wildman–Crippen MR) is 102 cm³/mol. The number of rotatable bonds is 9. The van der Waals surface area contributed by atoms with Crippen LogP contribution in [0.1, 0.15) is 43.1 Å². The van der Waals surface area contributed by atoms with Gasteiger partial charge in [-0.3, -0.25) is 9.59 Å². The van der Waals surface area contributed by atoms with Crippen LogP contribution in [0.3, 0.4) is 0 Å². The Labute approximate surface area is 154 Å². The smallest absolute Gasteiger partial charge is 0.262 e. The first-order valence-electron chi connectivity index (χ1n) is 8.74. The molecule has 0 atom stereocenters. The minimum Gasteiger partial charge on any atom is -0.484 e. The zero-order chi connectivity index (χ0) is 18.9. The van der Waals surface area contributed by atoms with Crippen LogP contribution in [0.2, 0.25) is 0 Å². The molecule has 26 heavy (non-hydrogen) atoms. The Morgan fingerprint density at radius 2 is 1.81 bits per heavy atom. The highest BCUT2D eigenvalue weighted by Crippen LogP contribution is 2.15. The minimum atomic E-state index is -0.249. The molecule has 0 radical (unpaired) electrons. The van der Waals surface area contributed by atoms with Crippen molar-refractivity contribution in [1.29, 1.82) is 0 Å². The van der Waals surface area contributed by atoms with Crippen molar-refractivity contribution in [2.45, 2.75) is 39.9 Å². The van der Waals surface area contributed by atoms with E-state index in [9.17, 15) is 9.59 Å². The van der Waals surface area contributed by atoms with Gasteiger partial charge in [-0.1, -0.05) is 19.1 Å². The molecule has 0 fully saturated rings. The molecular weight excluding hydrogens is 330 g/mol. The van der Waals surface area contributed by atoms with Gasteiger partial charge in [0.15, 0.2) is 12.4 Å². The number of nitrogens with one attached hydrogen (secondary N) is 1. The summed E-state index contributed by atoms with van der Waals surface area (Å²) < 4.78 is 11.0. The molecule has 0 aliphatic rings. The molecule has 0 heterocycles. The molecule has 2 aromatic rings. The van der Waals surface area contributed by atoms with Gasteiger partial charge in [0, 0.05) is 17.7 Å². The molecule has 2 rings (SSSR count). The second-order valence-electron chi connectivity index (χ2n) is 6.20. The number of carbonyl (C=O) groups excluding carboxylic acids is 2. The Morgan fingerprint density at radius 3 is 2.46 bits per heavy atom. The fraction of sp³-hybridized carbons (Fsp3) is 0.333. The summed E-state index contributed by atoms with van der Waals surface area (Å²) in [6.45, 7) is 6.18. The Hall–Kier alpha value is -2.66. The number of ether oxygens (including phenoxy) is 2. The Kier molecular flexibility index (Phi) is 7.36. The van der Waals surface area contributed by atoms with Crippen molar-refractivity contribution in [1.82, 2.24) is 0 Å². The predicted octanol–water partition coefficient (Wildman–Crippen LogP) is 4.22. The highest BCUT2D eigenvalue weighted by Gasteiger charge is 2.07. The van der Waals surface area contributed by atoms with Gasteiger partial charge in [-0.2, -0.15) is 0 Å². The van der Waals surface area contributed by atoms with Gasteiger partial charge in [-0.15, -0.1) is 0 Å². The summed E-state index contributed by atoms with van der Waals surface area (Å²) in [7, 11) is 0. The third kappa shape index (κ3) is 6.33. The quantitative estimate of drug-likeness (QED) is 0.684. The first-order chi connectivity index (χ1) is 12.5. The van der Waals surface area contributed by atoms with E-state index >= 15 is 0 Å². The first-order valence-corrected chi connectivity index (χ1v) is 8.74. The van der Waals surface area contributed by atoms with Crippen LogP contribution in [0.15, 0.2) is 48.5 Å². The molecule has 0 saturated heterocycles. The average molecular weight is 355 g/mol. The maximum Gasteiger partial charge on any atom is 0.262 e. The number of Topliss-reactive ketones (excluding diaryl/α,β-unsaturated/α-hetero) is 1. The van der Waals surface area contributed by atoms with Gasteiger partial charge < -0.3 is 14.8 Å². The van der Waals surface area contributed by atoms with Gasteiger partial charge in [-0.05, 0) is 55.8 Å². The van der Waals surface area contributed by atoms with E-state index in [0.29, 0.717) is 30.0 Å². The van der Waals surface area contributed by atoms with Crippen molar-refractivity contribution in [3.8, 4) is 5.75 Å². The van der Waals surface area contributed by atoms with Crippen LogP contribution in [0.25, 0.3) is 0 Å². The van der Waals surface area contributed by atoms with E-state index < -0.39 is 0 Å². The Balaban J connectivity index is 1.85. The lowest BCUT2D eigenvalue weighted by Gasteiger charge is -2.10. The molecular formula is C21H25NO4. The summed E-state index contributed by atoms with van der Waals surface area (Å²) in [4.78, 5) is 23.7. The van der Waals surface area contributed by atoms with Crippen molar-refractivity contribution in [3.05, 3.63) is 59.7 Å². The van der Waals surface area contributed by atoms with Gasteiger partial charge in [0.05, 0.1) is 12.7 Å². The van der Waals surface area contributed by atoms with E-state index in [4.69, 9.17) is 9.47 Å². The minimum absolute atomic E-state index is 0.0793. The van der Waals surface area contributed by atoms with Gasteiger partial charge in [0.2, 0.25) is 0 Å². The summed E-state index contributed by atoms with van der Waals surface area (Å²) >= 11 is 0. The van der Waals surface area contributed by atoms with E-state index in [0.717, 1.165) is 5.56 Å². The molecule has 5 heteroatoms. The lowest BCUT2D eigenvalue weighted by molar-refractivity contribution is -0.118. The third-order valence-corrected chi connectivity index (χ3v) is 3.66. The van der Waals surface area contributed by atoms with Crippen LogP contribution in [0, 0.1) is 0 Å². The highest BCUT2D eigenvalue weighted by molar-refractivity contribution is 5.96. The van der Waals surface area contributed by atoms with Gasteiger partial charge in [0.1, 0.15) is 5.75 Å². The molecule has 0 spiro atoms. The molecule has 1 amide bonds. The van der Waals surface area contributed by atoms with Gasteiger partial charge in [0.25, 0.3) is 5.91 Å². The maximum absolute atomic E-state index is 12.1. The molecule has 0 aliphatic heterocycles. The number of benzene rings is 2. The molecule has 0 aliphatic carbocycles. The number of anilines is 1. The standard InChI is InChI=1S/C21H25NO4/c1-4-20(23)17-8-10-19(11-9-17)26-14-21(24)22-18-7-5-6-16(12-18)13-25-15(2)3/h5-12,15H,4,13-14H2,1-3H3,(H,22,24). The number of amides is 1. The second kappa shape index (κ2) is 9.73. The van der Waals surface area contributed by atoms with Gasteiger partial charge in [-0.25, -0.2) is 0 Å². The normalized spacial score (nSPS) is 10.6. The van der Waals surface area contributed by atoms with Crippen molar-refractivity contribution in [2.75, 3.05) is 11.9 Å². The summed E-state index contributed by atoms with van der Waals surface area (Å²) in [5.74, 6) is 0.378. The molecule has 0 bridgehead atoms. The Morgan fingerprint density at radius 1 is 1.08 bits per heavy atom. The molecule has 0 saturated carbocycles. The van der Waals surface area contributed by atoms with Crippen LogP contribution in [-0.4, -0.2) is 24.4 Å². The summed E-state index contributed by atoms with van der Waals surface area (Å²) in [6, 6.07) is 14.3. The SMILES string of the molecule is CCC(=O)c1ccc(OCC(=O)Nc2cccc(COC(C)C)c2)cc1. The number of carbonyl (C=O) groups is 2. The second-order valence-corrected chi connectivity index (χ2v) is 6.20. The van der Waals surface area contributed by atoms with Crippen molar-refractivity contribution < 1.29 is 19.1 Å². The summed E-state index contributed by atoms with van der Waals surface area (Å²) in [5, 5.41) is 2.81. The summed E-state index contributed by atoms with van der Waals surface area (Å²) in [5.41, 5.74) is 2.34. The van der Waals surface area contributed by atoms with Crippen LogP contribution in [0.5, 0.6) is 5.75 Å². The van der Waals surface area contributed by atoms with Crippen molar-refractivity contribution in [2.24, 2.45) is 0 Å². The molecule has 2 aromatic carbocycles. The van der Waals surface area contributed by atoms with Crippen LogP contribution >= 0.6 is 0 Å². The van der Waals surface area contributed by atoms with Gasteiger partial charge >= 0.3 is 0 Å². The number of ketones is 1. The van der Waals surface area contributed by atoms with Crippen molar-refractivity contribution in [3.63, 3.8) is 0 Å². The fourth-order valence-electron chi connectivity index (χ4n) is 2.29. The molecule has 1 N–H and O–H groups in total. The zero-order valence-electron chi connectivity index (χ0n) is 15.5. The fourth-order valence-corrected chi connectivity index (χ4v) is 2.29.